The zero-order chi connectivity index (χ0) is 32.4. The summed E-state index contributed by atoms with van der Waals surface area (Å²) in [6.45, 7) is 1.65. The van der Waals surface area contributed by atoms with Gasteiger partial charge in [0.15, 0.2) is 0 Å². The van der Waals surface area contributed by atoms with E-state index in [9.17, 15) is 22.8 Å². The van der Waals surface area contributed by atoms with Gasteiger partial charge in [-0.05, 0) is 83.3 Å². The molecule has 0 unspecified atom stereocenters. The molecular formula is C40H25F3N2O2. The number of benzene rings is 6. The van der Waals surface area contributed by atoms with Crippen molar-refractivity contribution in [1.82, 2.24) is 4.57 Å². The number of aromatic nitrogens is 1. The Kier molecular flexibility index (Phi) is 6.41. The summed E-state index contributed by atoms with van der Waals surface area (Å²) in [6.07, 6.45) is -4.49. The van der Waals surface area contributed by atoms with Crippen molar-refractivity contribution < 1.29 is 22.8 Å². The molecule has 0 radical (unpaired) electrons. The van der Waals surface area contributed by atoms with E-state index in [1.54, 1.807) is 49.4 Å². The van der Waals surface area contributed by atoms with Gasteiger partial charge in [0.1, 0.15) is 0 Å². The van der Waals surface area contributed by atoms with Crippen molar-refractivity contribution in [3.8, 4) is 27.9 Å². The van der Waals surface area contributed by atoms with Gasteiger partial charge in [-0.25, -0.2) is 4.90 Å². The van der Waals surface area contributed by atoms with Crippen LogP contribution >= 0.6 is 0 Å². The van der Waals surface area contributed by atoms with Gasteiger partial charge >= 0.3 is 6.18 Å². The number of rotatable bonds is 4. The van der Waals surface area contributed by atoms with Crippen LogP contribution in [0.2, 0.25) is 0 Å². The van der Waals surface area contributed by atoms with E-state index in [1.807, 2.05) is 83.4 Å². The van der Waals surface area contributed by atoms with Crippen molar-refractivity contribution in [2.45, 2.75) is 13.1 Å². The highest BCUT2D eigenvalue weighted by Crippen LogP contribution is 2.42. The number of para-hydroxylation sites is 1. The maximum Gasteiger partial charge on any atom is 0.416 e. The number of carbonyl (C=O) groups is 2. The van der Waals surface area contributed by atoms with Crippen molar-refractivity contribution in [3.63, 3.8) is 0 Å². The number of hydrogen-bond donors (Lipinski definition) is 0. The number of imide groups is 1. The van der Waals surface area contributed by atoms with Gasteiger partial charge in [-0.2, -0.15) is 13.2 Å². The lowest BCUT2D eigenvalue weighted by Crippen LogP contribution is -2.29. The standard InChI is InChI=1S/C40H25F3N2O2/c1-24-21-27(23-28(22-24)40(41,42)43)30-12-7-15-34-36(30)31-11-5-6-14-33(31)45(34)35-16-8-13-32-37(35)39(47)44(38(32)46)29-19-17-26(18-20-29)25-9-3-2-4-10-25/h2-23H,1H3. The van der Waals surface area contributed by atoms with Gasteiger partial charge in [-0.15, -0.1) is 0 Å². The molecule has 0 N–H and O–H groups in total. The van der Waals surface area contributed by atoms with Crippen molar-refractivity contribution in [1.29, 1.82) is 0 Å². The topological polar surface area (TPSA) is 42.3 Å². The van der Waals surface area contributed by atoms with Crippen LogP contribution in [-0.2, 0) is 6.18 Å². The van der Waals surface area contributed by atoms with E-state index in [0.717, 1.165) is 33.5 Å². The number of aryl methyl sites for hydroxylation is 1. The van der Waals surface area contributed by atoms with Crippen LogP contribution in [0.3, 0.4) is 0 Å². The van der Waals surface area contributed by atoms with Gasteiger partial charge in [-0.3, -0.25) is 9.59 Å². The minimum atomic E-state index is -4.49. The summed E-state index contributed by atoms with van der Waals surface area (Å²) in [5.41, 5.74) is 5.87. The van der Waals surface area contributed by atoms with Crippen LogP contribution in [0.5, 0.6) is 0 Å². The molecule has 1 aliphatic heterocycles. The Morgan fingerprint density at radius 3 is 2.00 bits per heavy atom. The Bertz CT molecular complexity index is 2390. The van der Waals surface area contributed by atoms with Crippen molar-refractivity contribution in [2.75, 3.05) is 4.90 Å². The van der Waals surface area contributed by atoms with Crippen LogP contribution in [0.1, 0.15) is 31.8 Å². The first-order valence-electron chi connectivity index (χ1n) is 15.1. The van der Waals surface area contributed by atoms with Gasteiger partial charge in [0.05, 0.1) is 39.1 Å². The van der Waals surface area contributed by atoms with Crippen molar-refractivity contribution in [2.24, 2.45) is 0 Å². The Morgan fingerprint density at radius 1 is 0.574 bits per heavy atom. The van der Waals surface area contributed by atoms with Crippen LogP contribution in [0.25, 0.3) is 49.7 Å². The number of halogens is 3. The SMILES string of the molecule is Cc1cc(-c2cccc3c2c2ccccc2n3-c2cccc3c2C(=O)N(c2ccc(-c4ccccc4)cc2)C3=O)cc(C(F)(F)F)c1. The predicted octanol–water partition coefficient (Wildman–Crippen LogP) is 10.2. The Morgan fingerprint density at radius 2 is 1.23 bits per heavy atom. The van der Waals surface area contributed by atoms with Crippen LogP contribution in [0.4, 0.5) is 18.9 Å². The fourth-order valence-electron chi connectivity index (χ4n) is 6.74. The number of hydrogen-bond acceptors (Lipinski definition) is 2. The van der Waals surface area contributed by atoms with E-state index >= 15 is 0 Å². The van der Waals surface area contributed by atoms with E-state index < -0.39 is 23.6 Å². The quantitative estimate of drug-likeness (QED) is 0.183. The molecule has 0 bridgehead atoms. The molecule has 1 aromatic heterocycles. The van der Waals surface area contributed by atoms with E-state index in [1.165, 1.54) is 11.0 Å². The minimum Gasteiger partial charge on any atom is -0.308 e. The molecule has 7 aromatic rings. The molecular weight excluding hydrogens is 597 g/mol. The molecule has 0 aliphatic carbocycles. The molecule has 228 valence electrons. The lowest BCUT2D eigenvalue weighted by molar-refractivity contribution is -0.137. The lowest BCUT2D eigenvalue weighted by atomic mass is 9.96. The molecule has 2 amide bonds. The first-order chi connectivity index (χ1) is 22.7. The van der Waals surface area contributed by atoms with E-state index in [2.05, 4.69) is 0 Å². The van der Waals surface area contributed by atoms with Crippen LogP contribution in [0.15, 0.2) is 133 Å². The van der Waals surface area contributed by atoms with Crippen molar-refractivity contribution >= 4 is 39.3 Å². The number of fused-ring (bicyclic) bond motifs is 4. The second-order valence-electron chi connectivity index (χ2n) is 11.7. The van der Waals surface area contributed by atoms with Gasteiger partial charge in [0.2, 0.25) is 0 Å². The first-order valence-corrected chi connectivity index (χ1v) is 15.1. The van der Waals surface area contributed by atoms with Gasteiger partial charge in [-0.1, -0.05) is 84.9 Å². The molecule has 8 rings (SSSR count). The smallest absolute Gasteiger partial charge is 0.308 e. The normalized spacial score (nSPS) is 13.1. The molecule has 0 saturated heterocycles. The molecule has 1 aliphatic rings. The second kappa shape index (κ2) is 10.6. The number of amides is 2. The van der Waals surface area contributed by atoms with Crippen LogP contribution in [0, 0.1) is 6.92 Å². The third-order valence-electron chi connectivity index (χ3n) is 8.78. The van der Waals surface area contributed by atoms with E-state index in [-0.39, 0.29) is 11.1 Å². The molecule has 2 heterocycles. The molecule has 0 fully saturated rings. The van der Waals surface area contributed by atoms with Gasteiger partial charge < -0.3 is 4.57 Å². The van der Waals surface area contributed by atoms with Gasteiger partial charge in [0, 0.05) is 10.8 Å². The third-order valence-corrected chi connectivity index (χ3v) is 8.78. The third kappa shape index (κ3) is 4.54. The summed E-state index contributed by atoms with van der Waals surface area (Å²) >= 11 is 0. The van der Waals surface area contributed by atoms with E-state index in [0.29, 0.717) is 33.6 Å². The summed E-state index contributed by atoms with van der Waals surface area (Å²) < 4.78 is 43.4. The van der Waals surface area contributed by atoms with Crippen LogP contribution in [-0.4, -0.2) is 16.4 Å². The molecule has 4 nitrogen and oxygen atoms in total. The molecule has 6 aromatic carbocycles. The molecule has 0 saturated carbocycles. The monoisotopic (exact) mass is 622 g/mol. The number of anilines is 1. The maximum atomic E-state index is 14.2. The Labute approximate surface area is 267 Å². The highest BCUT2D eigenvalue weighted by atomic mass is 19.4. The average Bonchev–Trinajstić information content (AvgIpc) is 3.55. The molecule has 47 heavy (non-hydrogen) atoms. The minimum absolute atomic E-state index is 0.271. The lowest BCUT2D eigenvalue weighted by Gasteiger charge is -2.15. The first kappa shape index (κ1) is 28.5. The maximum absolute atomic E-state index is 14.2. The van der Waals surface area contributed by atoms with Crippen LogP contribution < -0.4 is 4.90 Å². The summed E-state index contributed by atoms with van der Waals surface area (Å²) in [4.78, 5) is 29.2. The molecule has 0 spiro atoms. The summed E-state index contributed by atoms with van der Waals surface area (Å²) in [6, 6.07) is 39.5. The Hall–Kier alpha value is -5.95. The van der Waals surface area contributed by atoms with Crippen molar-refractivity contribution in [3.05, 3.63) is 156 Å². The highest BCUT2D eigenvalue weighted by molar-refractivity contribution is 6.36. The van der Waals surface area contributed by atoms with E-state index in [4.69, 9.17) is 0 Å². The molecule has 7 heteroatoms. The number of nitrogens with zero attached hydrogens (tertiary/aromatic N) is 2. The van der Waals surface area contributed by atoms with Gasteiger partial charge in [0.25, 0.3) is 11.8 Å². The predicted molar refractivity (Wildman–Crippen MR) is 179 cm³/mol. The fraction of sp³-hybridized carbons (Fsp3) is 0.0500. The average molecular weight is 623 g/mol. The summed E-state index contributed by atoms with van der Waals surface area (Å²) in [7, 11) is 0. The number of carbonyl (C=O) groups excluding carboxylic acids is 2. The zero-order valence-electron chi connectivity index (χ0n) is 25.0. The fourth-order valence-corrected chi connectivity index (χ4v) is 6.74. The molecule has 0 atom stereocenters. The number of alkyl halides is 3. The Balaban J connectivity index is 1.30. The largest absolute Gasteiger partial charge is 0.416 e. The summed E-state index contributed by atoms with van der Waals surface area (Å²) in [5.74, 6) is -0.858. The highest BCUT2D eigenvalue weighted by Gasteiger charge is 2.39. The zero-order valence-corrected chi connectivity index (χ0v) is 25.0. The second-order valence-corrected chi connectivity index (χ2v) is 11.7. The summed E-state index contributed by atoms with van der Waals surface area (Å²) in [5, 5.41) is 1.57.